The molecule has 0 aromatic carbocycles. The minimum Gasteiger partial charge on any atom is -0.330 e. The zero-order valence-corrected chi connectivity index (χ0v) is 10.5. The SMILES string of the molecule is C=C(C)C(/C(C)=C(/C)S)=C(/C)CCN. The summed E-state index contributed by atoms with van der Waals surface area (Å²) in [5, 5.41) is 0. The van der Waals surface area contributed by atoms with Crippen LogP contribution in [0.15, 0.2) is 33.8 Å². The maximum Gasteiger partial charge on any atom is -0.00397 e. The summed E-state index contributed by atoms with van der Waals surface area (Å²) in [6.07, 6.45) is 0.917. The second kappa shape index (κ2) is 6.10. The van der Waals surface area contributed by atoms with Crippen LogP contribution in [0.4, 0.5) is 0 Å². The molecule has 0 bridgehead atoms. The second-order valence-electron chi connectivity index (χ2n) is 3.68. The lowest BCUT2D eigenvalue weighted by Crippen LogP contribution is -2.02. The Balaban J connectivity index is 5.26. The molecule has 0 rings (SSSR count). The number of nitrogens with two attached hydrogens (primary N) is 1. The fraction of sp³-hybridized carbons (Fsp3) is 0.500. The van der Waals surface area contributed by atoms with E-state index in [0.29, 0.717) is 6.54 Å². The van der Waals surface area contributed by atoms with E-state index in [1.165, 1.54) is 16.7 Å². The molecule has 0 heterocycles. The van der Waals surface area contributed by atoms with Crippen molar-refractivity contribution in [2.75, 3.05) is 6.54 Å². The third kappa shape index (κ3) is 3.72. The minimum atomic E-state index is 0.682. The number of thiol groups is 1. The maximum atomic E-state index is 5.54. The van der Waals surface area contributed by atoms with Gasteiger partial charge in [-0.25, -0.2) is 0 Å². The Hall–Kier alpha value is -0.470. The molecule has 2 N–H and O–H groups in total. The van der Waals surface area contributed by atoms with E-state index in [0.717, 1.165) is 16.9 Å². The van der Waals surface area contributed by atoms with Crippen molar-refractivity contribution in [3.05, 3.63) is 33.8 Å². The van der Waals surface area contributed by atoms with E-state index in [9.17, 15) is 0 Å². The van der Waals surface area contributed by atoms with Crippen LogP contribution in [0.25, 0.3) is 0 Å². The van der Waals surface area contributed by atoms with Crippen LogP contribution in [0.2, 0.25) is 0 Å². The maximum absolute atomic E-state index is 5.54. The zero-order chi connectivity index (χ0) is 11.3. The lowest BCUT2D eigenvalue weighted by molar-refractivity contribution is 0.935. The molecule has 14 heavy (non-hydrogen) atoms. The predicted octanol–water partition coefficient (Wildman–Crippen LogP) is 3.45. The van der Waals surface area contributed by atoms with Gasteiger partial charge >= 0.3 is 0 Å². The van der Waals surface area contributed by atoms with Crippen molar-refractivity contribution in [1.82, 2.24) is 0 Å². The first kappa shape index (κ1) is 13.5. The molecule has 0 spiro atoms. The summed E-state index contributed by atoms with van der Waals surface area (Å²) >= 11 is 4.36. The lowest BCUT2D eigenvalue weighted by Gasteiger charge is -2.14. The minimum absolute atomic E-state index is 0.682. The third-order valence-corrected chi connectivity index (χ3v) is 2.63. The molecule has 0 saturated heterocycles. The van der Waals surface area contributed by atoms with Crippen LogP contribution in [-0.2, 0) is 0 Å². The van der Waals surface area contributed by atoms with E-state index < -0.39 is 0 Å². The van der Waals surface area contributed by atoms with Crippen LogP contribution in [0.1, 0.15) is 34.1 Å². The summed E-state index contributed by atoms with van der Waals surface area (Å²) < 4.78 is 0. The number of rotatable bonds is 4. The van der Waals surface area contributed by atoms with Crippen LogP contribution >= 0.6 is 12.6 Å². The Kier molecular flexibility index (Phi) is 5.89. The Morgan fingerprint density at radius 2 is 1.71 bits per heavy atom. The average Bonchev–Trinajstić information content (AvgIpc) is 2.03. The molecule has 0 amide bonds. The molecule has 0 aliphatic rings. The van der Waals surface area contributed by atoms with Crippen LogP contribution in [0, 0.1) is 0 Å². The summed E-state index contributed by atoms with van der Waals surface area (Å²) in [4.78, 5) is 1.04. The Labute approximate surface area is 93.2 Å². The molecular weight excluding hydrogens is 190 g/mol. The van der Waals surface area contributed by atoms with E-state index >= 15 is 0 Å². The molecule has 0 aliphatic carbocycles. The Morgan fingerprint density at radius 1 is 1.21 bits per heavy atom. The first-order chi connectivity index (χ1) is 6.41. The van der Waals surface area contributed by atoms with Crippen molar-refractivity contribution >= 4 is 12.6 Å². The topological polar surface area (TPSA) is 26.0 Å². The molecule has 0 aromatic rings. The largest absolute Gasteiger partial charge is 0.330 e. The first-order valence-corrected chi connectivity index (χ1v) is 5.29. The van der Waals surface area contributed by atoms with Gasteiger partial charge in [-0.2, -0.15) is 0 Å². The zero-order valence-electron chi connectivity index (χ0n) is 9.65. The fourth-order valence-electron chi connectivity index (χ4n) is 1.53. The van der Waals surface area contributed by atoms with Crippen molar-refractivity contribution in [2.45, 2.75) is 34.1 Å². The Bertz CT molecular complexity index is 281. The quantitative estimate of drug-likeness (QED) is 0.540. The number of hydrogen-bond donors (Lipinski definition) is 2. The van der Waals surface area contributed by atoms with E-state index in [2.05, 4.69) is 33.1 Å². The van der Waals surface area contributed by atoms with Crippen molar-refractivity contribution in [3.8, 4) is 0 Å². The monoisotopic (exact) mass is 211 g/mol. The van der Waals surface area contributed by atoms with Gasteiger partial charge in [0.15, 0.2) is 0 Å². The van der Waals surface area contributed by atoms with E-state index in [4.69, 9.17) is 5.73 Å². The normalized spacial score (nSPS) is 14.7. The van der Waals surface area contributed by atoms with Crippen molar-refractivity contribution in [3.63, 3.8) is 0 Å². The fourth-order valence-corrected chi connectivity index (χ4v) is 1.64. The summed E-state index contributed by atoms with van der Waals surface area (Å²) in [7, 11) is 0. The second-order valence-corrected chi connectivity index (χ2v) is 4.36. The van der Waals surface area contributed by atoms with Gasteiger partial charge in [-0.15, -0.1) is 12.6 Å². The van der Waals surface area contributed by atoms with E-state index in [-0.39, 0.29) is 0 Å². The van der Waals surface area contributed by atoms with Gasteiger partial charge in [0, 0.05) is 0 Å². The predicted molar refractivity (Wildman–Crippen MR) is 68.5 cm³/mol. The van der Waals surface area contributed by atoms with E-state index in [1.54, 1.807) is 0 Å². The number of allylic oxidation sites excluding steroid dienone is 4. The van der Waals surface area contributed by atoms with Gasteiger partial charge in [-0.1, -0.05) is 17.7 Å². The van der Waals surface area contributed by atoms with Gasteiger partial charge in [0.25, 0.3) is 0 Å². The molecule has 2 heteroatoms. The molecule has 80 valence electrons. The van der Waals surface area contributed by atoms with Crippen LogP contribution in [0.5, 0.6) is 0 Å². The highest BCUT2D eigenvalue weighted by molar-refractivity contribution is 7.84. The molecule has 0 radical (unpaired) electrons. The molecule has 0 aliphatic heterocycles. The molecular formula is C12H21NS. The molecule has 0 aromatic heterocycles. The molecule has 0 unspecified atom stereocenters. The van der Waals surface area contributed by atoms with Crippen LogP contribution in [-0.4, -0.2) is 6.54 Å². The highest BCUT2D eigenvalue weighted by Gasteiger charge is 2.07. The molecule has 1 nitrogen and oxygen atoms in total. The molecule has 0 atom stereocenters. The van der Waals surface area contributed by atoms with Crippen molar-refractivity contribution in [2.24, 2.45) is 5.73 Å². The Morgan fingerprint density at radius 3 is 2.00 bits per heavy atom. The van der Waals surface area contributed by atoms with Crippen LogP contribution in [0.3, 0.4) is 0 Å². The highest BCUT2D eigenvalue weighted by Crippen LogP contribution is 2.26. The average molecular weight is 211 g/mol. The highest BCUT2D eigenvalue weighted by atomic mass is 32.1. The summed E-state index contributed by atoms with van der Waals surface area (Å²) in [5.74, 6) is 0. The lowest BCUT2D eigenvalue weighted by atomic mass is 9.94. The van der Waals surface area contributed by atoms with Gasteiger partial charge in [0.1, 0.15) is 0 Å². The van der Waals surface area contributed by atoms with Crippen LogP contribution < -0.4 is 5.73 Å². The van der Waals surface area contributed by atoms with E-state index in [1.807, 2.05) is 13.8 Å². The third-order valence-electron chi connectivity index (χ3n) is 2.29. The van der Waals surface area contributed by atoms with Gasteiger partial charge in [-0.05, 0) is 56.7 Å². The smallest absolute Gasteiger partial charge is 0.00397 e. The molecule has 0 saturated carbocycles. The summed E-state index contributed by atoms with van der Waals surface area (Å²) in [6, 6.07) is 0. The van der Waals surface area contributed by atoms with Gasteiger partial charge in [0.05, 0.1) is 0 Å². The first-order valence-electron chi connectivity index (χ1n) is 4.84. The van der Waals surface area contributed by atoms with Crippen molar-refractivity contribution < 1.29 is 0 Å². The van der Waals surface area contributed by atoms with Crippen molar-refractivity contribution in [1.29, 1.82) is 0 Å². The molecule has 0 fully saturated rings. The number of hydrogen-bond acceptors (Lipinski definition) is 2. The van der Waals surface area contributed by atoms with Gasteiger partial charge in [-0.3, -0.25) is 0 Å². The summed E-state index contributed by atoms with van der Waals surface area (Å²) in [5.41, 5.74) is 10.4. The van der Waals surface area contributed by atoms with Gasteiger partial charge < -0.3 is 5.73 Å². The standard InChI is InChI=1S/C12H21NS/c1-8(2)12(9(3)6-7-13)10(4)11(5)14/h14H,1,6-7,13H2,2-5H3/b11-10-,12-9+. The van der Waals surface area contributed by atoms with Gasteiger partial charge in [0.2, 0.25) is 0 Å². The summed E-state index contributed by atoms with van der Waals surface area (Å²) in [6.45, 7) is 12.9.